The van der Waals surface area contributed by atoms with Crippen LogP contribution in [0.25, 0.3) is 0 Å². The average molecular weight is 413 g/mol. The monoisotopic (exact) mass is 412 g/mol. The predicted molar refractivity (Wildman–Crippen MR) is 109 cm³/mol. The summed E-state index contributed by atoms with van der Waals surface area (Å²) in [7, 11) is 0. The first-order chi connectivity index (χ1) is 12.6. The number of rotatable bonds is 7. The number of aromatic nitrogens is 2. The van der Waals surface area contributed by atoms with Gasteiger partial charge in [0.15, 0.2) is 5.16 Å². The van der Waals surface area contributed by atoms with Crippen LogP contribution >= 0.6 is 35.0 Å². The number of hydrogen-bond acceptors (Lipinski definition) is 6. The number of nitrogens with zero attached hydrogens (tertiary/aromatic N) is 3. The van der Waals surface area contributed by atoms with Gasteiger partial charge in [0.25, 0.3) is 0 Å². The zero-order chi connectivity index (χ0) is 18.4. The van der Waals surface area contributed by atoms with Crippen molar-refractivity contribution in [3.63, 3.8) is 0 Å². The second-order valence-electron chi connectivity index (χ2n) is 6.09. The standard InChI is InChI=1S/C18H22Cl2N4OS/c1-26-18-22-7-4-17(23-18)21-8-11-24-9-5-13(6-10-24)25-14-2-3-15(19)16(20)12-14/h2-4,7,12-13H,5-6,8-11H2,1H3,(H,21,22,23). The smallest absolute Gasteiger partial charge is 0.189 e. The lowest BCUT2D eigenvalue weighted by molar-refractivity contribution is 0.103. The van der Waals surface area contributed by atoms with Gasteiger partial charge in [-0.2, -0.15) is 0 Å². The van der Waals surface area contributed by atoms with E-state index in [9.17, 15) is 0 Å². The van der Waals surface area contributed by atoms with Crippen molar-refractivity contribution in [3.05, 3.63) is 40.5 Å². The SMILES string of the molecule is CSc1nccc(NCCN2CCC(Oc3ccc(Cl)c(Cl)c3)CC2)n1. The van der Waals surface area contributed by atoms with Crippen molar-refractivity contribution in [3.8, 4) is 5.75 Å². The van der Waals surface area contributed by atoms with Crippen molar-refractivity contribution < 1.29 is 4.74 Å². The number of hydrogen-bond donors (Lipinski definition) is 1. The first kappa shape index (κ1) is 19.5. The van der Waals surface area contributed by atoms with E-state index >= 15 is 0 Å². The lowest BCUT2D eigenvalue weighted by Crippen LogP contribution is -2.40. The molecule has 0 saturated carbocycles. The van der Waals surface area contributed by atoms with E-state index in [0.29, 0.717) is 10.0 Å². The minimum atomic E-state index is 0.224. The summed E-state index contributed by atoms with van der Waals surface area (Å²) in [6.07, 6.45) is 5.99. The van der Waals surface area contributed by atoms with Crippen molar-refractivity contribution in [2.45, 2.75) is 24.1 Å². The molecular weight excluding hydrogens is 391 g/mol. The lowest BCUT2D eigenvalue weighted by Gasteiger charge is -2.32. The molecule has 0 aliphatic carbocycles. The van der Waals surface area contributed by atoms with Crippen LogP contribution in [0, 0.1) is 0 Å². The number of benzene rings is 1. The van der Waals surface area contributed by atoms with Gasteiger partial charge in [0, 0.05) is 38.4 Å². The molecule has 26 heavy (non-hydrogen) atoms. The molecule has 0 amide bonds. The van der Waals surface area contributed by atoms with Gasteiger partial charge in [-0.05, 0) is 37.3 Å². The van der Waals surface area contributed by atoms with Crippen LogP contribution in [-0.2, 0) is 0 Å². The fraction of sp³-hybridized carbons (Fsp3) is 0.444. The van der Waals surface area contributed by atoms with E-state index in [0.717, 1.165) is 55.7 Å². The normalized spacial score (nSPS) is 15.8. The molecule has 1 aliphatic heterocycles. The maximum absolute atomic E-state index is 6.04. The van der Waals surface area contributed by atoms with E-state index in [1.165, 1.54) is 0 Å². The lowest BCUT2D eigenvalue weighted by atomic mass is 10.1. The Hall–Kier alpha value is -1.21. The Balaban J connectivity index is 1.38. The van der Waals surface area contributed by atoms with Gasteiger partial charge in [0.2, 0.25) is 0 Å². The Kier molecular flexibility index (Phi) is 7.25. The molecule has 1 N–H and O–H groups in total. The second kappa shape index (κ2) is 9.65. The van der Waals surface area contributed by atoms with E-state index in [2.05, 4.69) is 20.2 Å². The predicted octanol–water partition coefficient (Wildman–Crippen LogP) is 4.46. The minimum absolute atomic E-state index is 0.224. The van der Waals surface area contributed by atoms with Crippen LogP contribution in [0.4, 0.5) is 5.82 Å². The average Bonchev–Trinajstić information content (AvgIpc) is 2.66. The van der Waals surface area contributed by atoms with Crippen LogP contribution in [0.15, 0.2) is 35.6 Å². The number of thioether (sulfide) groups is 1. The zero-order valence-corrected chi connectivity index (χ0v) is 16.9. The van der Waals surface area contributed by atoms with Gasteiger partial charge in [-0.25, -0.2) is 9.97 Å². The molecule has 2 aromatic rings. The highest BCUT2D eigenvalue weighted by atomic mass is 35.5. The third kappa shape index (κ3) is 5.64. The first-order valence-electron chi connectivity index (χ1n) is 8.59. The van der Waals surface area contributed by atoms with Gasteiger partial charge in [-0.1, -0.05) is 35.0 Å². The summed E-state index contributed by atoms with van der Waals surface area (Å²) in [5.74, 6) is 1.66. The number of ether oxygens (including phenoxy) is 1. The van der Waals surface area contributed by atoms with Gasteiger partial charge in [-0.3, -0.25) is 0 Å². The highest BCUT2D eigenvalue weighted by molar-refractivity contribution is 7.98. The van der Waals surface area contributed by atoms with Crippen LogP contribution in [0.2, 0.25) is 10.0 Å². The Morgan fingerprint density at radius 2 is 2.04 bits per heavy atom. The summed E-state index contributed by atoms with van der Waals surface area (Å²) in [6, 6.07) is 7.33. The molecule has 140 valence electrons. The van der Waals surface area contributed by atoms with Crippen molar-refractivity contribution in [2.75, 3.05) is 37.8 Å². The largest absolute Gasteiger partial charge is 0.490 e. The Labute approximate surface area is 168 Å². The van der Waals surface area contributed by atoms with Crippen LogP contribution in [0.3, 0.4) is 0 Å². The fourth-order valence-electron chi connectivity index (χ4n) is 2.87. The summed E-state index contributed by atoms with van der Waals surface area (Å²) < 4.78 is 6.03. The van der Waals surface area contributed by atoms with Crippen LogP contribution in [0.5, 0.6) is 5.75 Å². The van der Waals surface area contributed by atoms with Crippen molar-refractivity contribution in [2.24, 2.45) is 0 Å². The fourth-order valence-corrected chi connectivity index (χ4v) is 3.52. The summed E-state index contributed by atoms with van der Waals surface area (Å²) >= 11 is 13.5. The van der Waals surface area contributed by atoms with Gasteiger partial charge in [0.05, 0.1) is 10.0 Å². The molecule has 0 radical (unpaired) electrons. The van der Waals surface area contributed by atoms with E-state index in [-0.39, 0.29) is 6.10 Å². The second-order valence-corrected chi connectivity index (χ2v) is 7.68. The quantitative estimate of drug-likeness (QED) is 0.534. The molecule has 0 unspecified atom stereocenters. The number of piperidine rings is 1. The van der Waals surface area contributed by atoms with Gasteiger partial charge in [-0.15, -0.1) is 0 Å². The molecule has 2 heterocycles. The highest BCUT2D eigenvalue weighted by Gasteiger charge is 2.20. The molecule has 0 atom stereocenters. The summed E-state index contributed by atoms with van der Waals surface area (Å²) in [6.45, 7) is 3.89. The maximum Gasteiger partial charge on any atom is 0.189 e. The number of likely N-dealkylation sites (tertiary alicyclic amines) is 1. The number of nitrogens with one attached hydrogen (secondary N) is 1. The van der Waals surface area contributed by atoms with Crippen LogP contribution < -0.4 is 10.1 Å². The van der Waals surface area contributed by atoms with Gasteiger partial charge >= 0.3 is 0 Å². The van der Waals surface area contributed by atoms with Gasteiger partial charge in [0.1, 0.15) is 17.7 Å². The van der Waals surface area contributed by atoms with E-state index < -0.39 is 0 Å². The van der Waals surface area contributed by atoms with Crippen LogP contribution in [-0.4, -0.2) is 53.4 Å². The van der Waals surface area contributed by atoms with E-state index in [1.54, 1.807) is 30.1 Å². The van der Waals surface area contributed by atoms with Gasteiger partial charge < -0.3 is 15.0 Å². The summed E-state index contributed by atoms with van der Waals surface area (Å²) in [5, 5.41) is 5.23. The topological polar surface area (TPSA) is 50.3 Å². The third-order valence-electron chi connectivity index (χ3n) is 4.28. The van der Waals surface area contributed by atoms with Crippen molar-refractivity contribution >= 4 is 40.8 Å². The summed E-state index contributed by atoms with van der Waals surface area (Å²) in [4.78, 5) is 11.1. The van der Waals surface area contributed by atoms with Crippen molar-refractivity contribution in [1.82, 2.24) is 14.9 Å². The highest BCUT2D eigenvalue weighted by Crippen LogP contribution is 2.28. The Bertz CT molecular complexity index is 726. The molecule has 3 rings (SSSR count). The molecule has 1 aliphatic rings. The zero-order valence-electron chi connectivity index (χ0n) is 14.6. The van der Waals surface area contributed by atoms with Crippen LogP contribution in [0.1, 0.15) is 12.8 Å². The molecule has 1 aromatic carbocycles. The third-order valence-corrected chi connectivity index (χ3v) is 5.58. The molecule has 0 spiro atoms. The number of anilines is 1. The molecular formula is C18H22Cl2N4OS. The Morgan fingerprint density at radius 1 is 1.23 bits per heavy atom. The molecule has 1 aromatic heterocycles. The van der Waals surface area contributed by atoms with E-state index in [4.69, 9.17) is 27.9 Å². The summed E-state index contributed by atoms with van der Waals surface area (Å²) in [5.41, 5.74) is 0. The first-order valence-corrected chi connectivity index (χ1v) is 10.6. The maximum atomic E-state index is 6.04. The Morgan fingerprint density at radius 3 is 2.77 bits per heavy atom. The molecule has 1 fully saturated rings. The minimum Gasteiger partial charge on any atom is -0.490 e. The molecule has 1 saturated heterocycles. The number of halogens is 2. The molecule has 5 nitrogen and oxygen atoms in total. The van der Waals surface area contributed by atoms with Crippen molar-refractivity contribution in [1.29, 1.82) is 0 Å². The van der Waals surface area contributed by atoms with E-state index in [1.807, 2.05) is 18.4 Å². The molecule has 8 heteroatoms. The molecule has 0 bridgehead atoms.